The number of nitrogens with one attached hydrogen (secondary N) is 2. The van der Waals surface area contributed by atoms with Gasteiger partial charge in [-0.3, -0.25) is 4.79 Å². The SMILES string of the molecule is COc1ccc(Cl)cc1C(=O)NCCN(C(=O)NC1CCCCC1)S(=O)(=O)c1ccccc1. The van der Waals surface area contributed by atoms with E-state index in [9.17, 15) is 18.0 Å². The number of hydrogen-bond acceptors (Lipinski definition) is 5. The molecule has 0 radical (unpaired) electrons. The molecule has 0 saturated heterocycles. The zero-order chi connectivity index (χ0) is 23.8. The molecule has 0 aromatic heterocycles. The van der Waals surface area contributed by atoms with E-state index in [1.165, 1.54) is 25.3 Å². The van der Waals surface area contributed by atoms with Gasteiger partial charge < -0.3 is 15.4 Å². The minimum Gasteiger partial charge on any atom is -0.496 e. The van der Waals surface area contributed by atoms with Crippen LogP contribution in [0.3, 0.4) is 0 Å². The van der Waals surface area contributed by atoms with E-state index in [1.807, 2.05) is 0 Å². The van der Waals surface area contributed by atoms with Gasteiger partial charge in [-0.15, -0.1) is 0 Å². The minimum absolute atomic E-state index is 0.00614. The molecule has 2 N–H and O–H groups in total. The molecule has 178 valence electrons. The molecule has 33 heavy (non-hydrogen) atoms. The zero-order valence-corrected chi connectivity index (χ0v) is 20.0. The number of amides is 3. The molecule has 0 spiro atoms. The first kappa shape index (κ1) is 24.9. The predicted molar refractivity (Wildman–Crippen MR) is 126 cm³/mol. The highest BCUT2D eigenvalue weighted by Crippen LogP contribution is 2.23. The molecule has 3 amide bonds. The molecular weight excluding hydrogens is 466 g/mol. The van der Waals surface area contributed by atoms with Gasteiger partial charge in [0.2, 0.25) is 0 Å². The molecule has 0 aliphatic heterocycles. The first-order valence-corrected chi connectivity index (χ1v) is 12.6. The fourth-order valence-electron chi connectivity index (χ4n) is 3.77. The maximum atomic E-state index is 13.2. The van der Waals surface area contributed by atoms with E-state index in [4.69, 9.17) is 16.3 Å². The van der Waals surface area contributed by atoms with Crippen LogP contribution in [0.1, 0.15) is 42.5 Å². The summed E-state index contributed by atoms with van der Waals surface area (Å²) >= 11 is 5.99. The van der Waals surface area contributed by atoms with Crippen molar-refractivity contribution in [3.05, 3.63) is 59.1 Å². The Morgan fingerprint density at radius 1 is 1.09 bits per heavy atom. The van der Waals surface area contributed by atoms with Gasteiger partial charge in [0.1, 0.15) is 5.75 Å². The molecule has 0 heterocycles. The minimum atomic E-state index is -4.11. The van der Waals surface area contributed by atoms with Crippen molar-refractivity contribution >= 4 is 33.6 Å². The maximum Gasteiger partial charge on any atom is 0.331 e. The lowest BCUT2D eigenvalue weighted by Crippen LogP contribution is -2.50. The Kier molecular flexibility index (Phi) is 8.57. The Hall–Kier alpha value is -2.78. The Bertz CT molecular complexity index is 1070. The second-order valence-corrected chi connectivity index (χ2v) is 10.1. The third kappa shape index (κ3) is 6.39. The quantitative estimate of drug-likeness (QED) is 0.581. The highest BCUT2D eigenvalue weighted by molar-refractivity contribution is 7.89. The Morgan fingerprint density at radius 2 is 1.79 bits per heavy atom. The van der Waals surface area contributed by atoms with Crippen molar-refractivity contribution in [2.75, 3.05) is 20.2 Å². The number of hydrogen-bond donors (Lipinski definition) is 2. The first-order chi connectivity index (χ1) is 15.8. The first-order valence-electron chi connectivity index (χ1n) is 10.8. The Balaban J connectivity index is 1.74. The van der Waals surface area contributed by atoms with E-state index >= 15 is 0 Å². The van der Waals surface area contributed by atoms with Crippen molar-refractivity contribution in [1.29, 1.82) is 0 Å². The molecule has 0 bridgehead atoms. The Labute approximate surface area is 199 Å². The van der Waals surface area contributed by atoms with Crippen molar-refractivity contribution in [2.45, 2.75) is 43.0 Å². The molecule has 0 atom stereocenters. The number of benzene rings is 2. The summed E-state index contributed by atoms with van der Waals surface area (Å²) in [5.74, 6) is -0.153. The van der Waals surface area contributed by atoms with E-state index in [-0.39, 0.29) is 29.6 Å². The van der Waals surface area contributed by atoms with Crippen LogP contribution < -0.4 is 15.4 Å². The van der Waals surface area contributed by atoms with Gasteiger partial charge in [-0.1, -0.05) is 49.1 Å². The van der Waals surface area contributed by atoms with Crippen LogP contribution in [0.15, 0.2) is 53.4 Å². The topological polar surface area (TPSA) is 105 Å². The fraction of sp³-hybridized carbons (Fsp3) is 0.391. The summed E-state index contributed by atoms with van der Waals surface area (Å²) in [6, 6.07) is 11.6. The van der Waals surface area contributed by atoms with Crippen LogP contribution in [0, 0.1) is 0 Å². The highest BCUT2D eigenvalue weighted by atomic mass is 35.5. The molecule has 8 nitrogen and oxygen atoms in total. The van der Waals surface area contributed by atoms with Crippen LogP contribution >= 0.6 is 11.6 Å². The summed E-state index contributed by atoms with van der Waals surface area (Å²) in [7, 11) is -2.67. The van der Waals surface area contributed by atoms with Gasteiger partial charge in [-0.2, -0.15) is 0 Å². The number of methoxy groups -OCH3 is 1. The largest absolute Gasteiger partial charge is 0.496 e. The van der Waals surface area contributed by atoms with Gasteiger partial charge in [-0.05, 0) is 43.2 Å². The van der Waals surface area contributed by atoms with Crippen LogP contribution in [-0.4, -0.2) is 50.9 Å². The van der Waals surface area contributed by atoms with Crippen molar-refractivity contribution in [3.63, 3.8) is 0 Å². The average Bonchev–Trinajstić information content (AvgIpc) is 2.82. The number of rotatable bonds is 8. The van der Waals surface area contributed by atoms with Gasteiger partial charge in [0.25, 0.3) is 15.9 Å². The summed E-state index contributed by atoms with van der Waals surface area (Å²) < 4.78 is 32.4. The summed E-state index contributed by atoms with van der Waals surface area (Å²) in [5, 5.41) is 5.86. The van der Waals surface area contributed by atoms with Crippen molar-refractivity contribution in [1.82, 2.24) is 14.9 Å². The van der Waals surface area contributed by atoms with Crippen LogP contribution in [0.25, 0.3) is 0 Å². The molecule has 1 fully saturated rings. The number of carbonyl (C=O) groups is 2. The standard InChI is InChI=1S/C23H28ClN3O5S/c1-32-21-13-12-17(24)16-20(21)22(28)25-14-15-27(23(29)26-18-8-4-2-5-9-18)33(30,31)19-10-6-3-7-11-19/h3,6-7,10-13,16,18H,2,4-5,8-9,14-15H2,1H3,(H,25,28)(H,26,29). The molecule has 0 unspecified atom stereocenters. The van der Waals surface area contributed by atoms with E-state index in [2.05, 4.69) is 10.6 Å². The average molecular weight is 494 g/mol. The molecule has 1 aliphatic carbocycles. The smallest absolute Gasteiger partial charge is 0.331 e. The normalized spacial score (nSPS) is 14.4. The second-order valence-electron chi connectivity index (χ2n) is 7.78. The van der Waals surface area contributed by atoms with Crippen molar-refractivity contribution in [3.8, 4) is 5.75 Å². The third-order valence-electron chi connectivity index (χ3n) is 5.50. The van der Waals surface area contributed by atoms with Crippen LogP contribution in [0.5, 0.6) is 5.75 Å². The lowest BCUT2D eigenvalue weighted by atomic mass is 9.96. The lowest BCUT2D eigenvalue weighted by Gasteiger charge is -2.28. The Morgan fingerprint density at radius 3 is 2.45 bits per heavy atom. The van der Waals surface area contributed by atoms with Gasteiger partial charge in [0.15, 0.2) is 0 Å². The second kappa shape index (κ2) is 11.4. The molecule has 2 aromatic carbocycles. The van der Waals surface area contributed by atoms with Crippen molar-refractivity contribution < 1.29 is 22.7 Å². The van der Waals surface area contributed by atoms with Gasteiger partial charge in [0, 0.05) is 17.6 Å². The fourth-order valence-corrected chi connectivity index (χ4v) is 5.30. The van der Waals surface area contributed by atoms with Crippen molar-refractivity contribution in [2.24, 2.45) is 0 Å². The molecule has 1 saturated carbocycles. The van der Waals surface area contributed by atoms with Gasteiger partial charge in [0.05, 0.1) is 24.1 Å². The zero-order valence-electron chi connectivity index (χ0n) is 18.4. The van der Waals surface area contributed by atoms with Gasteiger partial charge in [-0.25, -0.2) is 17.5 Å². The summed E-state index contributed by atoms with van der Waals surface area (Å²) in [6.45, 7) is -0.316. The maximum absolute atomic E-state index is 13.2. The molecule has 3 rings (SSSR count). The molecule has 2 aromatic rings. The van der Waals surface area contributed by atoms with E-state index in [1.54, 1.807) is 30.3 Å². The molecule has 1 aliphatic rings. The summed E-state index contributed by atoms with van der Waals surface area (Å²) in [4.78, 5) is 25.7. The highest BCUT2D eigenvalue weighted by Gasteiger charge is 2.31. The monoisotopic (exact) mass is 493 g/mol. The van der Waals surface area contributed by atoms with Crippen LogP contribution in [0.4, 0.5) is 4.79 Å². The number of nitrogens with zero attached hydrogens (tertiary/aromatic N) is 1. The predicted octanol–water partition coefficient (Wildman–Crippen LogP) is 3.81. The summed E-state index contributed by atoms with van der Waals surface area (Å²) in [5.41, 5.74) is 0.217. The number of halogens is 1. The van der Waals surface area contributed by atoms with E-state index < -0.39 is 22.0 Å². The third-order valence-corrected chi connectivity index (χ3v) is 7.53. The van der Waals surface area contributed by atoms with Crippen LogP contribution in [-0.2, 0) is 10.0 Å². The number of ether oxygens (including phenoxy) is 1. The van der Waals surface area contributed by atoms with Gasteiger partial charge >= 0.3 is 6.03 Å². The summed E-state index contributed by atoms with van der Waals surface area (Å²) in [6.07, 6.45) is 4.73. The van der Waals surface area contributed by atoms with Crippen LogP contribution in [0.2, 0.25) is 5.02 Å². The molecular formula is C23H28ClN3O5S. The number of carbonyl (C=O) groups excluding carboxylic acids is 2. The van der Waals surface area contributed by atoms with E-state index in [0.717, 1.165) is 36.4 Å². The number of sulfonamides is 1. The van der Waals surface area contributed by atoms with E-state index in [0.29, 0.717) is 10.8 Å². The lowest BCUT2D eigenvalue weighted by molar-refractivity contribution is 0.0948. The molecule has 10 heteroatoms. The number of urea groups is 1.